The summed E-state index contributed by atoms with van der Waals surface area (Å²) >= 11 is 1.47. The van der Waals surface area contributed by atoms with E-state index in [-0.39, 0.29) is 11.6 Å². The van der Waals surface area contributed by atoms with Crippen molar-refractivity contribution < 1.29 is 0 Å². The molecule has 15 heavy (non-hydrogen) atoms. The van der Waals surface area contributed by atoms with Crippen LogP contribution in [0.2, 0.25) is 0 Å². The van der Waals surface area contributed by atoms with E-state index in [0.717, 1.165) is 12.8 Å². The summed E-state index contributed by atoms with van der Waals surface area (Å²) in [5.41, 5.74) is -0.135. The maximum atomic E-state index is 11.4. The second-order valence-electron chi connectivity index (χ2n) is 3.75. The number of hydrogen-bond acceptors (Lipinski definition) is 4. The van der Waals surface area contributed by atoms with Gasteiger partial charge >= 0.3 is 5.69 Å². The van der Waals surface area contributed by atoms with Crippen LogP contribution < -0.4 is 5.69 Å². The summed E-state index contributed by atoms with van der Waals surface area (Å²) in [6.45, 7) is 1.86. The zero-order valence-electron chi connectivity index (χ0n) is 8.43. The lowest BCUT2D eigenvalue weighted by Gasteiger charge is -2.03. The normalized spacial score (nSPS) is 17.3. The number of hydrogen-bond donors (Lipinski definition) is 1. The molecule has 2 rings (SSSR count). The molecule has 0 spiro atoms. The number of rotatable bonds is 4. The van der Waals surface area contributed by atoms with E-state index >= 15 is 0 Å². The van der Waals surface area contributed by atoms with Crippen LogP contribution in [0.15, 0.2) is 9.95 Å². The van der Waals surface area contributed by atoms with Crippen molar-refractivity contribution in [3.05, 3.63) is 10.5 Å². The van der Waals surface area contributed by atoms with Gasteiger partial charge < -0.3 is 0 Å². The van der Waals surface area contributed by atoms with Crippen LogP contribution in [0, 0.1) is 17.2 Å². The van der Waals surface area contributed by atoms with Gasteiger partial charge in [0.2, 0.25) is 0 Å². The Kier molecular flexibility index (Phi) is 2.82. The number of nitriles is 1. The Hall–Kier alpha value is -1.22. The molecular weight excluding hydrogens is 212 g/mol. The first-order chi connectivity index (χ1) is 7.22. The highest BCUT2D eigenvalue weighted by molar-refractivity contribution is 7.99. The van der Waals surface area contributed by atoms with Gasteiger partial charge in [-0.15, -0.1) is 5.10 Å². The van der Waals surface area contributed by atoms with Crippen LogP contribution in [0.1, 0.15) is 25.8 Å². The molecule has 1 fully saturated rings. The van der Waals surface area contributed by atoms with E-state index in [0.29, 0.717) is 17.0 Å². The molecule has 0 aliphatic heterocycles. The number of aromatic amines is 1. The van der Waals surface area contributed by atoms with E-state index in [1.54, 1.807) is 4.57 Å². The minimum absolute atomic E-state index is 0.0190. The van der Waals surface area contributed by atoms with Crippen molar-refractivity contribution >= 4 is 11.8 Å². The lowest BCUT2D eigenvalue weighted by atomic mass is 10.3. The molecule has 1 heterocycles. The zero-order chi connectivity index (χ0) is 10.8. The molecule has 1 aromatic rings. The van der Waals surface area contributed by atoms with E-state index in [1.165, 1.54) is 11.8 Å². The third kappa shape index (κ3) is 2.23. The van der Waals surface area contributed by atoms with Gasteiger partial charge in [-0.25, -0.2) is 9.89 Å². The molecule has 1 aliphatic carbocycles. The molecule has 1 aromatic heterocycles. The van der Waals surface area contributed by atoms with Gasteiger partial charge in [0.05, 0.1) is 12.0 Å². The molecule has 0 saturated heterocycles. The molecule has 0 radical (unpaired) electrons. The smallest absolute Gasteiger partial charge is 0.267 e. The number of nitrogens with one attached hydrogen (secondary N) is 1. The Balaban J connectivity index is 2.08. The predicted octanol–water partition coefficient (Wildman–Crippen LogP) is 1.16. The second kappa shape index (κ2) is 4.11. The van der Waals surface area contributed by atoms with Crippen LogP contribution in [-0.2, 0) is 0 Å². The maximum absolute atomic E-state index is 11.4. The van der Waals surface area contributed by atoms with Crippen LogP contribution in [0.3, 0.4) is 0 Å². The van der Waals surface area contributed by atoms with Crippen LogP contribution >= 0.6 is 11.8 Å². The average molecular weight is 224 g/mol. The van der Waals surface area contributed by atoms with Crippen molar-refractivity contribution in [3.63, 3.8) is 0 Å². The lowest BCUT2D eigenvalue weighted by Crippen LogP contribution is -2.16. The Bertz CT molecular complexity index is 440. The quantitative estimate of drug-likeness (QED) is 0.779. The fourth-order valence-corrected chi connectivity index (χ4v) is 2.24. The third-order valence-corrected chi connectivity index (χ3v) is 3.48. The first-order valence-electron chi connectivity index (χ1n) is 4.91. The highest BCUT2D eigenvalue weighted by Gasteiger charge is 2.28. The van der Waals surface area contributed by atoms with Gasteiger partial charge in [0.1, 0.15) is 0 Å². The summed E-state index contributed by atoms with van der Waals surface area (Å²) in [6, 6.07) is 2.49. The first kappa shape index (κ1) is 10.3. The van der Waals surface area contributed by atoms with Gasteiger partial charge in [0.15, 0.2) is 5.16 Å². The van der Waals surface area contributed by atoms with Gasteiger partial charge in [0.25, 0.3) is 0 Å². The Morgan fingerprint density at radius 1 is 1.80 bits per heavy atom. The van der Waals surface area contributed by atoms with Crippen molar-refractivity contribution in [2.45, 2.75) is 31.0 Å². The molecule has 6 heteroatoms. The lowest BCUT2D eigenvalue weighted by molar-refractivity contribution is 0.641. The van der Waals surface area contributed by atoms with Crippen molar-refractivity contribution in [2.75, 3.05) is 5.75 Å². The van der Waals surface area contributed by atoms with E-state index in [2.05, 4.69) is 16.3 Å². The molecule has 1 aliphatic rings. The number of thioether (sulfide) groups is 1. The summed E-state index contributed by atoms with van der Waals surface area (Å²) in [5, 5.41) is 15.8. The number of H-pyrrole nitrogens is 1. The molecule has 1 N–H and O–H groups in total. The van der Waals surface area contributed by atoms with Gasteiger partial charge in [-0.3, -0.25) is 4.57 Å². The molecule has 1 atom stereocenters. The van der Waals surface area contributed by atoms with Crippen molar-refractivity contribution in [3.8, 4) is 6.07 Å². The van der Waals surface area contributed by atoms with Crippen LogP contribution in [0.5, 0.6) is 0 Å². The molecule has 5 nitrogen and oxygen atoms in total. The summed E-state index contributed by atoms with van der Waals surface area (Å²) in [5.74, 6) is 0.655. The van der Waals surface area contributed by atoms with Crippen molar-refractivity contribution in [1.82, 2.24) is 14.8 Å². The van der Waals surface area contributed by atoms with E-state index in [9.17, 15) is 4.79 Å². The Morgan fingerprint density at radius 2 is 2.53 bits per heavy atom. The molecule has 0 amide bonds. The maximum Gasteiger partial charge on any atom is 0.344 e. The number of aromatic nitrogens is 3. The van der Waals surface area contributed by atoms with E-state index < -0.39 is 0 Å². The Morgan fingerprint density at radius 3 is 3.13 bits per heavy atom. The number of nitrogens with zero attached hydrogens (tertiary/aromatic N) is 3. The molecule has 0 bridgehead atoms. The molecule has 80 valence electrons. The third-order valence-electron chi connectivity index (χ3n) is 2.27. The highest BCUT2D eigenvalue weighted by Crippen LogP contribution is 2.36. The first-order valence-corrected chi connectivity index (χ1v) is 5.90. The van der Waals surface area contributed by atoms with Crippen molar-refractivity contribution in [1.29, 1.82) is 5.26 Å². The van der Waals surface area contributed by atoms with E-state index in [4.69, 9.17) is 5.26 Å². The minimum Gasteiger partial charge on any atom is -0.267 e. The summed E-state index contributed by atoms with van der Waals surface area (Å²) in [4.78, 5) is 11.4. The van der Waals surface area contributed by atoms with Gasteiger partial charge in [-0.05, 0) is 19.8 Å². The zero-order valence-corrected chi connectivity index (χ0v) is 9.25. The largest absolute Gasteiger partial charge is 0.344 e. The summed E-state index contributed by atoms with van der Waals surface area (Å²) < 4.78 is 1.70. The summed E-state index contributed by atoms with van der Waals surface area (Å²) in [6.07, 6.45) is 2.11. The highest BCUT2D eigenvalue weighted by atomic mass is 32.2. The fraction of sp³-hybridized carbons (Fsp3) is 0.667. The van der Waals surface area contributed by atoms with Crippen molar-refractivity contribution in [2.24, 2.45) is 5.92 Å². The molecule has 1 unspecified atom stereocenters. The molecular formula is C9H12N4OS. The van der Waals surface area contributed by atoms with E-state index in [1.807, 2.05) is 6.92 Å². The minimum atomic E-state index is -0.135. The Labute approximate surface area is 91.5 Å². The van der Waals surface area contributed by atoms with Gasteiger partial charge in [-0.2, -0.15) is 5.26 Å². The second-order valence-corrected chi connectivity index (χ2v) is 4.74. The van der Waals surface area contributed by atoms with Gasteiger partial charge in [0, 0.05) is 11.8 Å². The topological polar surface area (TPSA) is 74.5 Å². The summed E-state index contributed by atoms with van der Waals surface area (Å²) in [7, 11) is 0. The van der Waals surface area contributed by atoms with Gasteiger partial charge in [-0.1, -0.05) is 11.8 Å². The van der Waals surface area contributed by atoms with Crippen LogP contribution in [0.4, 0.5) is 0 Å². The predicted molar refractivity (Wildman–Crippen MR) is 56.6 cm³/mol. The monoisotopic (exact) mass is 224 g/mol. The molecule has 0 aromatic carbocycles. The SMILES string of the molecule is CC(C#N)CSc1n[nH]c(=O)n1C1CC1. The molecule has 1 saturated carbocycles. The average Bonchev–Trinajstić information content (AvgIpc) is 3.00. The van der Waals surface area contributed by atoms with Crippen LogP contribution in [-0.4, -0.2) is 20.5 Å². The van der Waals surface area contributed by atoms with Crippen LogP contribution in [0.25, 0.3) is 0 Å². The standard InChI is InChI=1S/C9H12N4OS/c1-6(4-10)5-15-9-12-11-8(14)13(9)7-2-3-7/h6-7H,2-3,5H2,1H3,(H,11,14). The fourth-order valence-electron chi connectivity index (χ4n) is 1.28.